The van der Waals surface area contributed by atoms with Gasteiger partial charge >= 0.3 is 0 Å². The molecule has 3 nitrogen and oxygen atoms in total. The van der Waals surface area contributed by atoms with Crippen molar-refractivity contribution in [3.05, 3.63) is 22.8 Å². The molecular formula is C15H24ClN3. The summed E-state index contributed by atoms with van der Waals surface area (Å²) in [6, 6.07) is 2.61. The van der Waals surface area contributed by atoms with Crippen LogP contribution in [0.15, 0.2) is 12.3 Å². The minimum absolute atomic E-state index is 0.586. The molecule has 1 fully saturated rings. The molecule has 1 N–H and O–H groups in total. The number of hydrogen-bond donors (Lipinski definition) is 1. The molecule has 1 saturated carbocycles. The number of anilines is 1. The molecule has 0 aliphatic heterocycles. The van der Waals surface area contributed by atoms with Crippen molar-refractivity contribution in [2.45, 2.75) is 51.1 Å². The lowest BCUT2D eigenvalue weighted by molar-refractivity contribution is 0.549. The second-order valence-electron chi connectivity index (χ2n) is 5.44. The summed E-state index contributed by atoms with van der Waals surface area (Å²) in [5, 5.41) is 3.88. The molecule has 0 atom stereocenters. The van der Waals surface area contributed by atoms with Crippen LogP contribution in [0.1, 0.15) is 44.1 Å². The molecule has 106 valence electrons. The maximum atomic E-state index is 6.39. The topological polar surface area (TPSA) is 28.2 Å². The van der Waals surface area contributed by atoms with Gasteiger partial charge < -0.3 is 10.2 Å². The molecule has 2 rings (SSSR count). The molecule has 0 bridgehead atoms. The van der Waals surface area contributed by atoms with Crippen LogP contribution in [0.5, 0.6) is 0 Å². The van der Waals surface area contributed by atoms with Gasteiger partial charge in [-0.25, -0.2) is 4.98 Å². The van der Waals surface area contributed by atoms with Gasteiger partial charge in [0, 0.05) is 25.8 Å². The molecule has 4 heteroatoms. The molecule has 1 aliphatic rings. The summed E-state index contributed by atoms with van der Waals surface area (Å²) in [7, 11) is 4.06. The van der Waals surface area contributed by atoms with E-state index >= 15 is 0 Å². The summed E-state index contributed by atoms with van der Waals surface area (Å²) in [5.41, 5.74) is 1.13. The molecular weight excluding hydrogens is 258 g/mol. The van der Waals surface area contributed by atoms with Crippen molar-refractivity contribution in [2.75, 3.05) is 19.0 Å². The third kappa shape index (κ3) is 3.83. The van der Waals surface area contributed by atoms with Gasteiger partial charge in [-0.3, -0.25) is 0 Å². The minimum Gasteiger partial charge on any atom is -0.355 e. The molecule has 0 radical (unpaired) electrons. The number of nitrogens with one attached hydrogen (secondary N) is 1. The second kappa shape index (κ2) is 7.11. The van der Waals surface area contributed by atoms with Crippen molar-refractivity contribution in [3.63, 3.8) is 0 Å². The monoisotopic (exact) mass is 281 g/mol. The van der Waals surface area contributed by atoms with Crippen molar-refractivity contribution in [1.82, 2.24) is 10.3 Å². The zero-order valence-electron chi connectivity index (χ0n) is 12.0. The van der Waals surface area contributed by atoms with Crippen molar-refractivity contribution in [3.8, 4) is 0 Å². The van der Waals surface area contributed by atoms with Crippen LogP contribution < -0.4 is 10.2 Å². The van der Waals surface area contributed by atoms with Crippen molar-refractivity contribution in [2.24, 2.45) is 0 Å². The molecule has 0 amide bonds. The first kappa shape index (κ1) is 14.6. The molecule has 19 heavy (non-hydrogen) atoms. The highest BCUT2D eigenvalue weighted by Gasteiger charge is 2.20. The van der Waals surface area contributed by atoms with Gasteiger partial charge in [-0.2, -0.15) is 0 Å². The fourth-order valence-electron chi connectivity index (χ4n) is 2.85. The van der Waals surface area contributed by atoms with Crippen LogP contribution in [0.3, 0.4) is 0 Å². The number of halogens is 1. The molecule has 0 aromatic carbocycles. The van der Waals surface area contributed by atoms with Crippen molar-refractivity contribution in [1.29, 1.82) is 0 Å². The molecule has 0 saturated heterocycles. The lowest BCUT2D eigenvalue weighted by atomic mass is 10.1. The summed E-state index contributed by atoms with van der Waals surface area (Å²) in [6.45, 7) is 0.806. The van der Waals surface area contributed by atoms with Crippen LogP contribution in [0.25, 0.3) is 0 Å². The average Bonchev–Trinajstić information content (AvgIpc) is 2.67. The predicted octanol–water partition coefficient (Wildman–Crippen LogP) is 3.61. The summed E-state index contributed by atoms with van der Waals surface area (Å²) in [5.74, 6) is 0.924. The van der Waals surface area contributed by atoms with E-state index in [0.717, 1.165) is 22.9 Å². The van der Waals surface area contributed by atoms with E-state index in [1.54, 1.807) is 0 Å². The summed E-state index contributed by atoms with van der Waals surface area (Å²) in [4.78, 5) is 6.83. The van der Waals surface area contributed by atoms with Gasteiger partial charge in [-0.15, -0.1) is 0 Å². The maximum absolute atomic E-state index is 6.39. The van der Waals surface area contributed by atoms with E-state index in [-0.39, 0.29) is 0 Å². The number of aromatic nitrogens is 1. The molecule has 1 aliphatic carbocycles. The van der Waals surface area contributed by atoms with Gasteiger partial charge in [0.1, 0.15) is 5.82 Å². The van der Waals surface area contributed by atoms with Gasteiger partial charge in [-0.1, -0.05) is 37.3 Å². The largest absolute Gasteiger partial charge is 0.355 e. The van der Waals surface area contributed by atoms with Crippen LogP contribution in [0, 0.1) is 0 Å². The van der Waals surface area contributed by atoms with E-state index < -0.39 is 0 Å². The Hall–Kier alpha value is -0.800. The smallest absolute Gasteiger partial charge is 0.147 e. The van der Waals surface area contributed by atoms with E-state index in [0.29, 0.717) is 6.04 Å². The van der Waals surface area contributed by atoms with Crippen LogP contribution in [-0.2, 0) is 6.54 Å². The Morgan fingerprint density at radius 3 is 2.58 bits per heavy atom. The van der Waals surface area contributed by atoms with Gasteiger partial charge in [-0.05, 0) is 31.5 Å². The van der Waals surface area contributed by atoms with Gasteiger partial charge in [0.2, 0.25) is 0 Å². The van der Waals surface area contributed by atoms with Crippen LogP contribution in [0.2, 0.25) is 5.02 Å². The van der Waals surface area contributed by atoms with Gasteiger partial charge in [0.15, 0.2) is 0 Å². The first-order chi connectivity index (χ1) is 9.22. The Labute approximate surface area is 121 Å². The van der Waals surface area contributed by atoms with E-state index in [1.165, 1.54) is 38.5 Å². The first-order valence-electron chi connectivity index (χ1n) is 7.24. The highest BCUT2D eigenvalue weighted by Crippen LogP contribution is 2.29. The third-order valence-corrected chi connectivity index (χ3v) is 4.24. The Bertz CT molecular complexity index is 400. The van der Waals surface area contributed by atoms with Crippen LogP contribution in [-0.4, -0.2) is 25.1 Å². The second-order valence-corrected chi connectivity index (χ2v) is 5.84. The Morgan fingerprint density at radius 1 is 1.32 bits per heavy atom. The number of hydrogen-bond acceptors (Lipinski definition) is 3. The van der Waals surface area contributed by atoms with E-state index in [1.807, 2.05) is 19.3 Å². The van der Waals surface area contributed by atoms with Crippen LogP contribution >= 0.6 is 11.6 Å². The molecule has 1 aromatic rings. The maximum Gasteiger partial charge on any atom is 0.147 e. The average molecular weight is 282 g/mol. The van der Waals surface area contributed by atoms with Crippen molar-refractivity contribution >= 4 is 17.4 Å². The van der Waals surface area contributed by atoms with Gasteiger partial charge in [0.05, 0.1) is 5.02 Å². The normalized spacial score (nSPS) is 17.2. The fourth-order valence-corrected chi connectivity index (χ4v) is 3.17. The lowest BCUT2D eigenvalue weighted by Gasteiger charge is -2.29. The summed E-state index contributed by atoms with van der Waals surface area (Å²) < 4.78 is 0. The highest BCUT2D eigenvalue weighted by atomic mass is 35.5. The first-order valence-corrected chi connectivity index (χ1v) is 7.62. The number of rotatable bonds is 4. The van der Waals surface area contributed by atoms with E-state index in [4.69, 9.17) is 11.6 Å². The van der Waals surface area contributed by atoms with Crippen LogP contribution in [0.4, 0.5) is 5.82 Å². The Balaban J connectivity index is 2.11. The zero-order chi connectivity index (χ0) is 13.7. The number of nitrogens with zero attached hydrogens (tertiary/aromatic N) is 2. The van der Waals surface area contributed by atoms with E-state index in [9.17, 15) is 0 Å². The standard InChI is InChI=1S/C15H24ClN3/c1-17-10-12-9-14(16)15(18-11-12)19(2)13-7-5-3-4-6-8-13/h9,11,13,17H,3-8,10H2,1-2H3. The summed E-state index contributed by atoms with van der Waals surface area (Å²) in [6.07, 6.45) is 9.82. The zero-order valence-corrected chi connectivity index (χ0v) is 12.7. The molecule has 0 spiro atoms. The third-order valence-electron chi connectivity index (χ3n) is 3.97. The lowest BCUT2D eigenvalue weighted by Crippen LogP contribution is -2.32. The highest BCUT2D eigenvalue weighted by molar-refractivity contribution is 6.33. The SMILES string of the molecule is CNCc1cnc(N(C)C2CCCCCC2)c(Cl)c1. The molecule has 1 aromatic heterocycles. The predicted molar refractivity (Wildman–Crippen MR) is 81.9 cm³/mol. The van der Waals surface area contributed by atoms with E-state index in [2.05, 4.69) is 22.2 Å². The Kier molecular flexibility index (Phi) is 5.46. The van der Waals surface area contributed by atoms with Crippen molar-refractivity contribution < 1.29 is 0 Å². The Morgan fingerprint density at radius 2 is 2.00 bits per heavy atom. The minimum atomic E-state index is 0.586. The summed E-state index contributed by atoms with van der Waals surface area (Å²) >= 11 is 6.39. The van der Waals surface area contributed by atoms with Gasteiger partial charge in [0.25, 0.3) is 0 Å². The number of pyridine rings is 1. The molecule has 0 unspecified atom stereocenters. The molecule has 1 heterocycles. The quantitative estimate of drug-likeness (QED) is 0.855. The fraction of sp³-hybridized carbons (Fsp3) is 0.667.